The van der Waals surface area contributed by atoms with Crippen molar-refractivity contribution in [3.8, 4) is 0 Å². The second kappa shape index (κ2) is 9.00. The molecule has 31 heavy (non-hydrogen) atoms. The Morgan fingerprint density at radius 2 is 2.00 bits per heavy atom. The van der Waals surface area contributed by atoms with Gasteiger partial charge >= 0.3 is 5.63 Å². The zero-order valence-corrected chi connectivity index (χ0v) is 20.0. The van der Waals surface area contributed by atoms with Crippen molar-refractivity contribution >= 4 is 78.9 Å². The number of fused-ring (bicyclic) bond motifs is 1. The van der Waals surface area contributed by atoms with Crippen LogP contribution >= 0.6 is 51.3 Å². The first kappa shape index (κ1) is 21.8. The van der Waals surface area contributed by atoms with E-state index >= 15 is 0 Å². The third-order valence-electron chi connectivity index (χ3n) is 4.51. The Labute approximate surface area is 201 Å². The van der Waals surface area contributed by atoms with Crippen LogP contribution in [-0.4, -0.2) is 14.9 Å². The number of rotatable bonds is 4. The molecule has 0 spiro atoms. The van der Waals surface area contributed by atoms with Gasteiger partial charge in [-0.05, 0) is 70.5 Å². The van der Waals surface area contributed by atoms with Crippen LogP contribution in [0.3, 0.4) is 0 Å². The van der Waals surface area contributed by atoms with E-state index in [0.717, 1.165) is 21.0 Å². The highest BCUT2D eigenvalue weighted by atomic mass is 79.9. The maximum atomic E-state index is 11.6. The number of thiocarbonyl (C=S) groups is 1. The Bertz CT molecular complexity index is 1370. The number of nitrogens with zero attached hydrogens (tertiary/aromatic N) is 2. The minimum atomic E-state index is -0.391. The molecule has 2 N–H and O–H groups in total. The van der Waals surface area contributed by atoms with Crippen LogP contribution < -0.4 is 16.3 Å². The minimum Gasteiger partial charge on any atom is -0.423 e. The van der Waals surface area contributed by atoms with Crippen LogP contribution in [0.1, 0.15) is 11.1 Å². The average Bonchev–Trinajstić information content (AvgIpc) is 3.02. The van der Waals surface area contributed by atoms with Gasteiger partial charge in [0.15, 0.2) is 10.9 Å². The zero-order valence-electron chi connectivity index (χ0n) is 16.1. The number of nitrogens with one attached hydrogen (secondary N) is 2. The summed E-state index contributed by atoms with van der Waals surface area (Å²) in [4.78, 5) is 11.6. The first-order chi connectivity index (χ1) is 14.8. The smallest absolute Gasteiger partial charge is 0.336 e. The van der Waals surface area contributed by atoms with E-state index in [0.29, 0.717) is 38.8 Å². The predicted molar refractivity (Wildman–Crippen MR) is 133 cm³/mol. The van der Waals surface area contributed by atoms with Gasteiger partial charge in [0.25, 0.3) is 0 Å². The molecule has 2 aromatic heterocycles. The van der Waals surface area contributed by atoms with Crippen LogP contribution in [0.5, 0.6) is 0 Å². The largest absolute Gasteiger partial charge is 0.423 e. The molecular weight excluding hydrogens is 523 g/mol. The maximum absolute atomic E-state index is 11.6. The topological polar surface area (TPSA) is 72.1 Å². The molecule has 0 fully saturated rings. The summed E-state index contributed by atoms with van der Waals surface area (Å²) in [5.41, 5.74) is 2.53. The summed E-state index contributed by atoms with van der Waals surface area (Å²) in [6.45, 7) is 2.34. The molecule has 2 heterocycles. The summed E-state index contributed by atoms with van der Waals surface area (Å²) in [7, 11) is 0. The second-order valence-corrected chi connectivity index (χ2v) is 8.90. The first-order valence-corrected chi connectivity index (χ1v) is 11.0. The Morgan fingerprint density at radius 3 is 2.77 bits per heavy atom. The lowest BCUT2D eigenvalue weighted by molar-refractivity contribution is 0.560. The van der Waals surface area contributed by atoms with E-state index < -0.39 is 5.63 Å². The van der Waals surface area contributed by atoms with E-state index in [1.807, 2.05) is 31.3 Å². The van der Waals surface area contributed by atoms with Gasteiger partial charge in [0.1, 0.15) is 5.58 Å². The van der Waals surface area contributed by atoms with Gasteiger partial charge < -0.3 is 15.1 Å². The van der Waals surface area contributed by atoms with Gasteiger partial charge in [0.05, 0.1) is 11.0 Å². The van der Waals surface area contributed by atoms with Crippen LogP contribution in [0.2, 0.25) is 10.0 Å². The lowest BCUT2D eigenvalue weighted by Gasteiger charge is -2.10. The fourth-order valence-electron chi connectivity index (χ4n) is 3.06. The predicted octanol–water partition coefficient (Wildman–Crippen LogP) is 6.22. The molecule has 0 atom stereocenters. The zero-order chi connectivity index (χ0) is 22.1. The molecule has 2 aromatic carbocycles. The highest BCUT2D eigenvalue weighted by Gasteiger charge is 2.11. The van der Waals surface area contributed by atoms with Gasteiger partial charge in [-0.1, -0.05) is 29.3 Å². The summed E-state index contributed by atoms with van der Waals surface area (Å²) in [6.07, 6.45) is 1.82. The second-order valence-electron chi connectivity index (χ2n) is 6.80. The van der Waals surface area contributed by atoms with Gasteiger partial charge in [-0.25, -0.2) is 4.79 Å². The average molecular weight is 538 g/mol. The fourth-order valence-corrected chi connectivity index (χ4v) is 4.16. The standard InChI is InChI=1S/C21H15BrCl2N4O2S/c1-11-6-19(29)30-18-8-14(4-5-15(11)18)25-21(31)26-20-16(22)10-28(27-20)9-12-2-3-13(23)7-17(12)24/h2-8,10H,9H2,1H3,(H2,25,26,27,31). The van der Waals surface area contributed by atoms with E-state index in [9.17, 15) is 4.79 Å². The normalized spacial score (nSPS) is 11.0. The third kappa shape index (κ3) is 5.10. The molecule has 4 aromatic rings. The molecule has 10 heteroatoms. The molecule has 0 amide bonds. The van der Waals surface area contributed by atoms with E-state index in [1.165, 1.54) is 6.07 Å². The molecule has 4 rings (SSSR count). The van der Waals surface area contributed by atoms with Crippen molar-refractivity contribution in [1.29, 1.82) is 0 Å². The van der Waals surface area contributed by atoms with Crippen molar-refractivity contribution in [3.05, 3.63) is 84.7 Å². The number of aryl methyl sites for hydroxylation is 1. The van der Waals surface area contributed by atoms with Gasteiger partial charge in [-0.2, -0.15) is 5.10 Å². The Kier molecular flexibility index (Phi) is 6.34. The summed E-state index contributed by atoms with van der Waals surface area (Å²) >= 11 is 21.1. The molecule has 158 valence electrons. The Balaban J connectivity index is 1.47. The number of aromatic nitrogens is 2. The van der Waals surface area contributed by atoms with Gasteiger partial charge in [-0.3, -0.25) is 4.68 Å². The number of anilines is 2. The van der Waals surface area contributed by atoms with Gasteiger partial charge in [-0.15, -0.1) is 0 Å². The number of halogens is 3. The van der Waals surface area contributed by atoms with E-state index in [-0.39, 0.29) is 0 Å². The Morgan fingerprint density at radius 1 is 1.19 bits per heavy atom. The molecule has 0 radical (unpaired) electrons. The summed E-state index contributed by atoms with van der Waals surface area (Å²) in [6, 6.07) is 12.3. The molecule has 0 aliphatic rings. The quantitative estimate of drug-likeness (QED) is 0.238. The van der Waals surface area contributed by atoms with Crippen LogP contribution in [0.15, 0.2) is 62.3 Å². The monoisotopic (exact) mass is 536 g/mol. The molecule has 0 bridgehead atoms. The lowest BCUT2D eigenvalue weighted by atomic mass is 10.1. The Hall–Kier alpha value is -2.39. The minimum absolute atomic E-state index is 0.338. The number of benzene rings is 2. The van der Waals surface area contributed by atoms with Crippen molar-refractivity contribution in [1.82, 2.24) is 9.78 Å². The number of hydrogen-bond acceptors (Lipinski definition) is 4. The van der Waals surface area contributed by atoms with Crippen molar-refractivity contribution in [3.63, 3.8) is 0 Å². The van der Waals surface area contributed by atoms with Crippen molar-refractivity contribution in [2.45, 2.75) is 13.5 Å². The molecule has 0 aliphatic heterocycles. The third-order valence-corrected chi connectivity index (χ3v) is 5.88. The molecule has 0 saturated carbocycles. The fraction of sp³-hybridized carbons (Fsp3) is 0.0952. The van der Waals surface area contributed by atoms with Crippen molar-refractivity contribution in [2.75, 3.05) is 10.6 Å². The van der Waals surface area contributed by atoms with Gasteiger partial charge in [0.2, 0.25) is 0 Å². The number of hydrogen-bond donors (Lipinski definition) is 2. The van der Waals surface area contributed by atoms with Crippen molar-refractivity contribution in [2.24, 2.45) is 0 Å². The molecule has 0 saturated heterocycles. The summed E-state index contributed by atoms with van der Waals surface area (Å²) < 4.78 is 7.75. The molecular formula is C21H15BrCl2N4O2S. The van der Waals surface area contributed by atoms with Crippen LogP contribution in [0.4, 0.5) is 11.5 Å². The summed E-state index contributed by atoms with van der Waals surface area (Å²) in [5.74, 6) is 0.547. The molecule has 6 nitrogen and oxygen atoms in total. The molecule has 0 aliphatic carbocycles. The van der Waals surface area contributed by atoms with Crippen molar-refractivity contribution < 1.29 is 4.42 Å². The van der Waals surface area contributed by atoms with E-state index in [4.69, 9.17) is 39.8 Å². The van der Waals surface area contributed by atoms with Crippen LogP contribution in [-0.2, 0) is 6.54 Å². The maximum Gasteiger partial charge on any atom is 0.336 e. The SMILES string of the molecule is Cc1cc(=O)oc2cc(NC(=S)Nc3nn(Cc4ccc(Cl)cc4Cl)cc3Br)ccc12. The summed E-state index contributed by atoms with van der Waals surface area (Å²) in [5, 5.41) is 13.0. The van der Waals surface area contributed by atoms with Gasteiger partial charge in [0, 0.05) is 39.4 Å². The van der Waals surface area contributed by atoms with E-state index in [1.54, 1.807) is 22.9 Å². The highest BCUT2D eigenvalue weighted by Crippen LogP contribution is 2.25. The van der Waals surface area contributed by atoms with E-state index in [2.05, 4.69) is 31.7 Å². The first-order valence-electron chi connectivity index (χ1n) is 9.08. The molecule has 0 unspecified atom stereocenters. The lowest BCUT2D eigenvalue weighted by Crippen LogP contribution is -2.19. The van der Waals surface area contributed by atoms with Crippen LogP contribution in [0, 0.1) is 6.92 Å². The highest BCUT2D eigenvalue weighted by molar-refractivity contribution is 9.10. The van der Waals surface area contributed by atoms with Crippen LogP contribution in [0.25, 0.3) is 11.0 Å².